The van der Waals surface area contributed by atoms with Gasteiger partial charge in [0.15, 0.2) is 0 Å². The molecule has 5 heteroatoms. The van der Waals surface area contributed by atoms with Gasteiger partial charge in [-0.3, -0.25) is 4.98 Å². The summed E-state index contributed by atoms with van der Waals surface area (Å²) in [6.45, 7) is 1.93. The quantitative estimate of drug-likeness (QED) is 0.906. The summed E-state index contributed by atoms with van der Waals surface area (Å²) in [6, 6.07) is 3.81. The highest BCUT2D eigenvalue weighted by molar-refractivity contribution is 9.10. The third kappa shape index (κ3) is 2.50. The molecule has 76 valence electrons. The molecule has 0 radical (unpaired) electrons. The van der Waals surface area contributed by atoms with Crippen LogP contribution in [0.1, 0.15) is 5.69 Å². The number of halogens is 1. The van der Waals surface area contributed by atoms with E-state index in [1.54, 1.807) is 18.6 Å². The molecule has 15 heavy (non-hydrogen) atoms. The fourth-order valence-electron chi connectivity index (χ4n) is 1.11. The Morgan fingerprint density at radius 2 is 1.93 bits per heavy atom. The van der Waals surface area contributed by atoms with Crippen molar-refractivity contribution < 1.29 is 0 Å². The minimum Gasteiger partial charge on any atom is -0.323 e. The number of anilines is 2. The summed E-state index contributed by atoms with van der Waals surface area (Å²) in [5.74, 6) is 0.564. The Labute approximate surface area is 95.9 Å². The van der Waals surface area contributed by atoms with Crippen LogP contribution in [0.2, 0.25) is 0 Å². The molecular weight excluding hydrogens is 256 g/mol. The molecule has 0 atom stereocenters. The van der Waals surface area contributed by atoms with E-state index in [1.807, 2.05) is 19.1 Å². The van der Waals surface area contributed by atoms with Crippen LogP contribution in [0, 0.1) is 6.92 Å². The molecule has 0 saturated heterocycles. The Bertz CT molecular complexity index is 455. The van der Waals surface area contributed by atoms with Gasteiger partial charge in [0.2, 0.25) is 5.95 Å². The normalized spacial score (nSPS) is 10.0. The first-order valence-corrected chi connectivity index (χ1v) is 5.21. The third-order valence-electron chi connectivity index (χ3n) is 1.87. The van der Waals surface area contributed by atoms with Gasteiger partial charge in [-0.25, -0.2) is 9.97 Å². The van der Waals surface area contributed by atoms with Crippen LogP contribution in [0.5, 0.6) is 0 Å². The molecule has 0 saturated carbocycles. The number of nitrogens with one attached hydrogen (secondary N) is 1. The first-order valence-electron chi connectivity index (χ1n) is 4.42. The van der Waals surface area contributed by atoms with E-state index >= 15 is 0 Å². The SMILES string of the molecule is Cc1ncccc1Nc1ncc(Br)cn1. The molecule has 2 rings (SSSR count). The second kappa shape index (κ2) is 4.35. The Hall–Kier alpha value is -1.49. The lowest BCUT2D eigenvalue weighted by molar-refractivity contribution is 1.13. The monoisotopic (exact) mass is 264 g/mol. The third-order valence-corrected chi connectivity index (χ3v) is 2.28. The summed E-state index contributed by atoms with van der Waals surface area (Å²) in [4.78, 5) is 12.4. The summed E-state index contributed by atoms with van der Waals surface area (Å²) >= 11 is 3.28. The number of pyridine rings is 1. The lowest BCUT2D eigenvalue weighted by Gasteiger charge is -2.05. The van der Waals surface area contributed by atoms with E-state index in [0.29, 0.717) is 5.95 Å². The Kier molecular flexibility index (Phi) is 2.91. The molecule has 0 aliphatic carbocycles. The molecule has 1 N–H and O–H groups in total. The second-order valence-electron chi connectivity index (χ2n) is 2.99. The van der Waals surface area contributed by atoms with Crippen LogP contribution in [0.4, 0.5) is 11.6 Å². The fraction of sp³-hybridized carbons (Fsp3) is 0.100. The van der Waals surface area contributed by atoms with Crippen molar-refractivity contribution in [2.75, 3.05) is 5.32 Å². The van der Waals surface area contributed by atoms with Gasteiger partial charge in [-0.2, -0.15) is 0 Å². The van der Waals surface area contributed by atoms with Crippen LogP contribution in [-0.2, 0) is 0 Å². The van der Waals surface area contributed by atoms with E-state index in [9.17, 15) is 0 Å². The standard InChI is InChI=1S/C10H9BrN4/c1-7-9(3-2-4-12-7)15-10-13-5-8(11)6-14-10/h2-6H,1H3,(H,13,14,15). The van der Waals surface area contributed by atoms with Gasteiger partial charge in [-0.1, -0.05) is 0 Å². The van der Waals surface area contributed by atoms with E-state index in [-0.39, 0.29) is 0 Å². The highest BCUT2D eigenvalue weighted by atomic mass is 79.9. The Morgan fingerprint density at radius 3 is 2.60 bits per heavy atom. The van der Waals surface area contributed by atoms with E-state index in [4.69, 9.17) is 0 Å². The smallest absolute Gasteiger partial charge is 0.227 e. The van der Waals surface area contributed by atoms with Crippen LogP contribution >= 0.6 is 15.9 Å². The van der Waals surface area contributed by atoms with Gasteiger partial charge < -0.3 is 5.32 Å². The number of aromatic nitrogens is 3. The van der Waals surface area contributed by atoms with Gasteiger partial charge >= 0.3 is 0 Å². The molecule has 0 fully saturated rings. The highest BCUT2D eigenvalue weighted by Crippen LogP contribution is 2.15. The number of hydrogen-bond donors (Lipinski definition) is 1. The van der Waals surface area contributed by atoms with Crippen LogP contribution in [0.25, 0.3) is 0 Å². The van der Waals surface area contributed by atoms with Gasteiger partial charge in [0.1, 0.15) is 0 Å². The molecule has 0 aliphatic heterocycles. The van der Waals surface area contributed by atoms with Gasteiger partial charge in [0.25, 0.3) is 0 Å². The fourth-order valence-corrected chi connectivity index (χ4v) is 1.32. The zero-order valence-electron chi connectivity index (χ0n) is 8.11. The molecule has 0 aromatic carbocycles. The number of hydrogen-bond acceptors (Lipinski definition) is 4. The number of nitrogens with zero attached hydrogens (tertiary/aromatic N) is 3. The van der Waals surface area contributed by atoms with E-state index in [1.165, 1.54) is 0 Å². The van der Waals surface area contributed by atoms with Crippen molar-refractivity contribution in [1.82, 2.24) is 15.0 Å². The van der Waals surface area contributed by atoms with Crippen LogP contribution in [0.15, 0.2) is 35.2 Å². The number of aryl methyl sites for hydroxylation is 1. The lowest BCUT2D eigenvalue weighted by Crippen LogP contribution is -1.98. The zero-order valence-corrected chi connectivity index (χ0v) is 9.69. The topological polar surface area (TPSA) is 50.7 Å². The summed E-state index contributed by atoms with van der Waals surface area (Å²) in [6.07, 6.45) is 5.14. The zero-order chi connectivity index (χ0) is 10.7. The van der Waals surface area contributed by atoms with Crippen molar-refractivity contribution >= 4 is 27.6 Å². The number of rotatable bonds is 2. The summed E-state index contributed by atoms with van der Waals surface area (Å²) in [5, 5.41) is 3.09. The predicted octanol–water partition coefficient (Wildman–Crippen LogP) is 2.69. The van der Waals surface area contributed by atoms with Gasteiger partial charge in [-0.05, 0) is 35.0 Å². The van der Waals surface area contributed by atoms with Crippen molar-refractivity contribution in [3.05, 3.63) is 40.9 Å². The molecule has 2 aromatic heterocycles. The van der Waals surface area contributed by atoms with E-state index < -0.39 is 0 Å². The largest absolute Gasteiger partial charge is 0.323 e. The summed E-state index contributed by atoms with van der Waals surface area (Å²) in [7, 11) is 0. The minimum atomic E-state index is 0.564. The molecule has 0 spiro atoms. The van der Waals surface area contributed by atoms with Crippen molar-refractivity contribution in [3.8, 4) is 0 Å². The molecule has 4 nitrogen and oxygen atoms in total. The molecule has 2 aromatic rings. The Morgan fingerprint density at radius 1 is 1.20 bits per heavy atom. The molecule has 0 unspecified atom stereocenters. The first kappa shape index (κ1) is 10.0. The maximum absolute atomic E-state index is 4.17. The summed E-state index contributed by atoms with van der Waals surface area (Å²) in [5.41, 5.74) is 1.84. The lowest BCUT2D eigenvalue weighted by atomic mass is 10.3. The van der Waals surface area contributed by atoms with E-state index in [0.717, 1.165) is 15.9 Å². The van der Waals surface area contributed by atoms with Crippen molar-refractivity contribution in [2.24, 2.45) is 0 Å². The molecule has 2 heterocycles. The first-order chi connectivity index (χ1) is 7.25. The van der Waals surface area contributed by atoms with Crippen molar-refractivity contribution in [1.29, 1.82) is 0 Å². The predicted molar refractivity (Wildman–Crippen MR) is 62.0 cm³/mol. The average Bonchev–Trinajstić information content (AvgIpc) is 2.25. The molecular formula is C10H9BrN4. The average molecular weight is 265 g/mol. The van der Waals surface area contributed by atoms with Crippen LogP contribution < -0.4 is 5.32 Å². The second-order valence-corrected chi connectivity index (χ2v) is 3.90. The van der Waals surface area contributed by atoms with Gasteiger partial charge in [0, 0.05) is 18.6 Å². The van der Waals surface area contributed by atoms with Gasteiger partial charge in [-0.15, -0.1) is 0 Å². The summed E-state index contributed by atoms with van der Waals surface area (Å²) < 4.78 is 0.857. The van der Waals surface area contributed by atoms with Crippen molar-refractivity contribution in [2.45, 2.75) is 6.92 Å². The Balaban J connectivity index is 2.22. The maximum Gasteiger partial charge on any atom is 0.227 e. The molecule has 0 aliphatic rings. The van der Waals surface area contributed by atoms with Crippen molar-refractivity contribution in [3.63, 3.8) is 0 Å². The minimum absolute atomic E-state index is 0.564. The molecule has 0 bridgehead atoms. The highest BCUT2D eigenvalue weighted by Gasteiger charge is 2.00. The van der Waals surface area contributed by atoms with Crippen LogP contribution in [0.3, 0.4) is 0 Å². The van der Waals surface area contributed by atoms with E-state index in [2.05, 4.69) is 36.2 Å². The van der Waals surface area contributed by atoms with Gasteiger partial charge in [0.05, 0.1) is 15.9 Å². The molecule has 0 amide bonds. The maximum atomic E-state index is 4.17. The van der Waals surface area contributed by atoms with Crippen LogP contribution in [-0.4, -0.2) is 15.0 Å².